The maximum absolute atomic E-state index is 11.2. The molecule has 0 aliphatic heterocycles. The monoisotopic (exact) mass is 371 g/mol. The summed E-state index contributed by atoms with van der Waals surface area (Å²) in [7, 11) is 0. The van der Waals surface area contributed by atoms with Crippen LogP contribution < -0.4 is 0 Å². The summed E-state index contributed by atoms with van der Waals surface area (Å²) in [5.41, 5.74) is 0.333. The number of isocyanates is 1. The molecule has 0 saturated carbocycles. The third kappa shape index (κ3) is 18.3. The number of carbonyl (C=O) groups excluding carboxylic acids is 3. The molecule has 25 heavy (non-hydrogen) atoms. The van der Waals surface area contributed by atoms with E-state index >= 15 is 0 Å². The van der Waals surface area contributed by atoms with Crippen molar-refractivity contribution >= 4 is 30.6 Å². The third-order valence-corrected chi connectivity index (χ3v) is 3.05. The average molecular weight is 371 g/mol. The molecule has 0 atom stereocenters. The second-order valence-corrected chi connectivity index (χ2v) is 5.57. The summed E-state index contributed by atoms with van der Waals surface area (Å²) in [6.07, 6.45) is 8.38. The maximum atomic E-state index is 11.2. The summed E-state index contributed by atoms with van der Waals surface area (Å²) in [6, 6.07) is 0. The molecule has 0 aromatic carbocycles. The number of rotatable bonds is 11. The molecule has 0 bridgehead atoms. The fourth-order valence-electron chi connectivity index (χ4n) is 1.40. The van der Waals surface area contributed by atoms with E-state index in [1.807, 2.05) is 6.92 Å². The smallest absolute Gasteiger partial charge is 0.344 e. The number of carbonyl (C=O) groups is 2. The minimum absolute atomic E-state index is 0.0981. The van der Waals surface area contributed by atoms with Gasteiger partial charge in [-0.25, -0.2) is 19.4 Å². The Balaban J connectivity index is 0. The van der Waals surface area contributed by atoms with Crippen LogP contribution >= 0.6 is 12.6 Å². The first-order valence-corrected chi connectivity index (χ1v) is 8.77. The molecule has 0 amide bonds. The van der Waals surface area contributed by atoms with Crippen LogP contribution in [0.2, 0.25) is 0 Å². The second-order valence-electron chi connectivity index (χ2n) is 5.08. The SMILES string of the molecule is C=C(C)C(=O)OCCN=C=O.CCC=C(S)C(=O)OCCCCCC. The number of esters is 2. The van der Waals surface area contributed by atoms with Gasteiger partial charge in [0.25, 0.3) is 0 Å². The number of thiol groups is 1. The highest BCUT2D eigenvalue weighted by Crippen LogP contribution is 2.06. The van der Waals surface area contributed by atoms with E-state index in [-0.39, 0.29) is 19.1 Å². The minimum atomic E-state index is -0.467. The summed E-state index contributed by atoms with van der Waals surface area (Å²) in [5, 5.41) is 0. The van der Waals surface area contributed by atoms with Gasteiger partial charge in [-0.2, -0.15) is 0 Å². The molecule has 0 spiro atoms. The van der Waals surface area contributed by atoms with E-state index in [9.17, 15) is 14.4 Å². The Bertz CT molecular complexity index is 482. The molecule has 0 rings (SSSR count). The molecular weight excluding hydrogens is 342 g/mol. The Labute approximate surface area is 155 Å². The molecule has 0 N–H and O–H groups in total. The highest BCUT2D eigenvalue weighted by Gasteiger charge is 2.04. The van der Waals surface area contributed by atoms with Crippen LogP contribution in [0.4, 0.5) is 0 Å². The molecule has 142 valence electrons. The molecule has 0 radical (unpaired) electrons. The molecule has 0 saturated heterocycles. The standard InChI is InChI=1S/C11H20O2S.C7H9NO3/c1-3-5-6-7-9-13-11(12)10(14)8-4-2;1-6(2)7(10)11-4-3-8-5-9/h8,14H,3-7,9H2,1-2H3;1,3-4H2,2H3. The number of nitrogens with zero attached hydrogens (tertiary/aromatic N) is 1. The van der Waals surface area contributed by atoms with Crippen molar-refractivity contribution in [3.8, 4) is 0 Å². The van der Waals surface area contributed by atoms with Crippen LogP contribution in [0.5, 0.6) is 0 Å². The van der Waals surface area contributed by atoms with Gasteiger partial charge in [0.2, 0.25) is 6.08 Å². The summed E-state index contributed by atoms with van der Waals surface area (Å²) in [6.45, 7) is 9.80. The number of allylic oxidation sites excluding steroid dienone is 1. The second kappa shape index (κ2) is 18.5. The van der Waals surface area contributed by atoms with Crippen LogP contribution in [0.3, 0.4) is 0 Å². The van der Waals surface area contributed by atoms with Crippen molar-refractivity contribution in [3.05, 3.63) is 23.1 Å². The molecule has 0 aromatic heterocycles. The van der Waals surface area contributed by atoms with Gasteiger partial charge in [-0.05, 0) is 19.8 Å². The van der Waals surface area contributed by atoms with Crippen molar-refractivity contribution in [1.29, 1.82) is 0 Å². The van der Waals surface area contributed by atoms with Gasteiger partial charge in [-0.3, -0.25) is 0 Å². The number of hydrogen-bond acceptors (Lipinski definition) is 7. The Kier molecular flexibility index (Phi) is 18.8. The van der Waals surface area contributed by atoms with Crippen molar-refractivity contribution in [2.75, 3.05) is 19.8 Å². The van der Waals surface area contributed by atoms with Gasteiger partial charge in [0.1, 0.15) is 6.61 Å². The molecule has 6 nitrogen and oxygen atoms in total. The molecule has 0 aliphatic rings. The van der Waals surface area contributed by atoms with Crippen molar-refractivity contribution in [3.63, 3.8) is 0 Å². The van der Waals surface area contributed by atoms with Gasteiger partial charge < -0.3 is 9.47 Å². The first kappa shape index (κ1) is 25.4. The fourth-order valence-corrected chi connectivity index (χ4v) is 1.64. The van der Waals surface area contributed by atoms with E-state index in [2.05, 4.69) is 35.9 Å². The number of ether oxygens (including phenoxy) is 2. The van der Waals surface area contributed by atoms with Gasteiger partial charge in [0.05, 0.1) is 18.1 Å². The van der Waals surface area contributed by atoms with E-state index in [4.69, 9.17) is 4.74 Å². The average Bonchev–Trinajstić information content (AvgIpc) is 2.58. The third-order valence-electron chi connectivity index (χ3n) is 2.69. The zero-order chi connectivity index (χ0) is 19.5. The lowest BCUT2D eigenvalue weighted by Gasteiger charge is -2.03. The van der Waals surface area contributed by atoms with Gasteiger partial charge in [0, 0.05) is 5.57 Å². The lowest BCUT2D eigenvalue weighted by molar-refractivity contribution is -0.139. The van der Waals surface area contributed by atoms with E-state index in [1.54, 1.807) is 13.0 Å². The van der Waals surface area contributed by atoms with E-state index in [0.29, 0.717) is 17.1 Å². The minimum Gasteiger partial charge on any atom is -0.462 e. The quantitative estimate of drug-likeness (QED) is 0.149. The predicted molar refractivity (Wildman–Crippen MR) is 101 cm³/mol. The summed E-state index contributed by atoms with van der Waals surface area (Å²) >= 11 is 4.04. The van der Waals surface area contributed by atoms with Crippen molar-refractivity contribution in [1.82, 2.24) is 0 Å². The van der Waals surface area contributed by atoms with E-state index < -0.39 is 5.97 Å². The Morgan fingerprint density at radius 1 is 1.12 bits per heavy atom. The molecular formula is C18H29NO5S. The summed E-state index contributed by atoms with van der Waals surface area (Å²) in [5.74, 6) is -0.766. The zero-order valence-electron chi connectivity index (χ0n) is 15.4. The van der Waals surface area contributed by atoms with Gasteiger partial charge >= 0.3 is 11.9 Å². The van der Waals surface area contributed by atoms with Crippen molar-refractivity contribution in [2.45, 2.75) is 52.9 Å². The maximum Gasteiger partial charge on any atom is 0.344 e. The molecule has 0 aromatic rings. The largest absolute Gasteiger partial charge is 0.462 e. The zero-order valence-corrected chi connectivity index (χ0v) is 16.3. The van der Waals surface area contributed by atoms with Crippen LogP contribution in [0, 0.1) is 0 Å². The summed E-state index contributed by atoms with van der Waals surface area (Å²) < 4.78 is 9.61. The van der Waals surface area contributed by atoms with Crippen molar-refractivity contribution < 1.29 is 23.9 Å². The van der Waals surface area contributed by atoms with Crippen LogP contribution in [0.15, 0.2) is 28.1 Å². The van der Waals surface area contributed by atoms with E-state index in [1.165, 1.54) is 18.9 Å². The molecule has 0 fully saturated rings. The number of hydrogen-bond donors (Lipinski definition) is 1. The van der Waals surface area contributed by atoms with Crippen LogP contribution in [0.1, 0.15) is 52.9 Å². The summed E-state index contributed by atoms with van der Waals surface area (Å²) in [4.78, 5) is 35.0. The van der Waals surface area contributed by atoms with Gasteiger partial charge in [0.15, 0.2) is 0 Å². The first-order valence-electron chi connectivity index (χ1n) is 8.33. The van der Waals surface area contributed by atoms with Crippen LogP contribution in [0.25, 0.3) is 0 Å². The molecule has 0 heterocycles. The molecule has 7 heteroatoms. The van der Waals surface area contributed by atoms with E-state index in [0.717, 1.165) is 19.3 Å². The fraction of sp³-hybridized carbons (Fsp3) is 0.611. The lowest BCUT2D eigenvalue weighted by Crippen LogP contribution is -2.07. The molecule has 0 unspecified atom stereocenters. The van der Waals surface area contributed by atoms with Gasteiger partial charge in [-0.1, -0.05) is 45.8 Å². The van der Waals surface area contributed by atoms with Crippen LogP contribution in [-0.4, -0.2) is 37.8 Å². The lowest BCUT2D eigenvalue weighted by atomic mass is 10.2. The molecule has 0 aliphatic carbocycles. The predicted octanol–water partition coefficient (Wildman–Crippen LogP) is 3.78. The highest BCUT2D eigenvalue weighted by molar-refractivity contribution is 7.85. The van der Waals surface area contributed by atoms with Crippen LogP contribution in [-0.2, 0) is 23.9 Å². The Morgan fingerprint density at radius 3 is 2.28 bits per heavy atom. The topological polar surface area (TPSA) is 82.0 Å². The Hall–Kier alpha value is -1.85. The number of aliphatic imine (C=N–C) groups is 1. The highest BCUT2D eigenvalue weighted by atomic mass is 32.1. The number of unbranched alkanes of at least 4 members (excludes halogenated alkanes) is 3. The Morgan fingerprint density at radius 2 is 1.76 bits per heavy atom. The van der Waals surface area contributed by atoms with Crippen molar-refractivity contribution in [2.24, 2.45) is 4.99 Å². The normalized spacial score (nSPS) is 10.0. The first-order chi connectivity index (χ1) is 11.9. The van der Waals surface area contributed by atoms with Gasteiger partial charge in [-0.15, -0.1) is 12.6 Å².